The molecule has 0 saturated heterocycles. The van der Waals surface area contributed by atoms with Gasteiger partial charge in [-0.1, -0.05) is 60.7 Å². The molecule has 0 heterocycles. The van der Waals surface area contributed by atoms with Gasteiger partial charge in [0.05, 0.1) is 0 Å². The summed E-state index contributed by atoms with van der Waals surface area (Å²) >= 11 is 0. The van der Waals surface area contributed by atoms with Crippen molar-refractivity contribution in [2.75, 3.05) is 13.1 Å². The Morgan fingerprint density at radius 2 is 0.958 bits per heavy atom. The summed E-state index contributed by atoms with van der Waals surface area (Å²) in [6.07, 6.45) is 5.50. The van der Waals surface area contributed by atoms with E-state index in [1.165, 1.54) is 49.9 Å². The Morgan fingerprint density at radius 1 is 0.583 bits per heavy atom. The summed E-state index contributed by atoms with van der Waals surface area (Å²) in [5.41, 5.74) is 2.77. The van der Waals surface area contributed by atoms with E-state index in [1.54, 1.807) is 0 Å². The standard InChI is InChI=1S/C22H30N2/c1-3-7-19(8-4-1)15-23-17-21-11-13-22(14-12-21)18-24-16-20-9-5-2-6-10-20/h1-10,21-24H,11-18H2/t21-,22-. The van der Waals surface area contributed by atoms with E-state index in [0.29, 0.717) is 0 Å². The molecule has 2 aromatic carbocycles. The van der Waals surface area contributed by atoms with Crippen molar-refractivity contribution in [2.24, 2.45) is 11.8 Å². The highest BCUT2D eigenvalue weighted by Gasteiger charge is 2.20. The molecule has 0 aromatic heterocycles. The van der Waals surface area contributed by atoms with Crippen LogP contribution in [-0.2, 0) is 13.1 Å². The van der Waals surface area contributed by atoms with Crippen molar-refractivity contribution in [1.29, 1.82) is 0 Å². The fourth-order valence-electron chi connectivity index (χ4n) is 3.67. The zero-order valence-corrected chi connectivity index (χ0v) is 14.6. The summed E-state index contributed by atoms with van der Waals surface area (Å²) in [6, 6.07) is 21.4. The molecule has 2 N–H and O–H groups in total. The van der Waals surface area contributed by atoms with Gasteiger partial charge in [-0.25, -0.2) is 0 Å². The Kier molecular flexibility index (Phi) is 6.88. The molecular weight excluding hydrogens is 292 g/mol. The number of benzene rings is 2. The van der Waals surface area contributed by atoms with Crippen LogP contribution >= 0.6 is 0 Å². The predicted molar refractivity (Wildman–Crippen MR) is 102 cm³/mol. The Morgan fingerprint density at radius 3 is 1.33 bits per heavy atom. The zero-order valence-electron chi connectivity index (χ0n) is 14.6. The topological polar surface area (TPSA) is 24.1 Å². The molecule has 0 spiro atoms. The van der Waals surface area contributed by atoms with Crippen LogP contribution in [0.25, 0.3) is 0 Å². The molecule has 128 valence electrons. The molecule has 0 atom stereocenters. The summed E-state index contributed by atoms with van der Waals surface area (Å²) < 4.78 is 0. The summed E-state index contributed by atoms with van der Waals surface area (Å²) in [5.74, 6) is 1.72. The quantitative estimate of drug-likeness (QED) is 0.754. The summed E-state index contributed by atoms with van der Waals surface area (Å²) in [7, 11) is 0. The third kappa shape index (κ3) is 5.77. The second-order valence-electron chi connectivity index (χ2n) is 7.12. The average molecular weight is 322 g/mol. The molecule has 0 unspecified atom stereocenters. The minimum Gasteiger partial charge on any atom is -0.312 e. The van der Waals surface area contributed by atoms with Crippen LogP contribution in [0.15, 0.2) is 60.7 Å². The van der Waals surface area contributed by atoms with Gasteiger partial charge in [-0.15, -0.1) is 0 Å². The SMILES string of the molecule is c1ccc(CNC[C@H]2CC[C@H](CNCc3ccccc3)CC2)cc1. The lowest BCUT2D eigenvalue weighted by atomic mass is 9.82. The lowest BCUT2D eigenvalue weighted by Crippen LogP contribution is -2.30. The maximum absolute atomic E-state index is 3.64. The van der Waals surface area contributed by atoms with E-state index in [2.05, 4.69) is 71.3 Å². The normalized spacial score (nSPS) is 20.8. The van der Waals surface area contributed by atoms with Crippen molar-refractivity contribution in [2.45, 2.75) is 38.8 Å². The van der Waals surface area contributed by atoms with Crippen LogP contribution in [0.2, 0.25) is 0 Å². The van der Waals surface area contributed by atoms with Gasteiger partial charge < -0.3 is 10.6 Å². The van der Waals surface area contributed by atoms with Crippen LogP contribution in [0.1, 0.15) is 36.8 Å². The fourth-order valence-corrected chi connectivity index (χ4v) is 3.67. The minimum absolute atomic E-state index is 0.860. The second kappa shape index (κ2) is 9.61. The fraction of sp³-hybridized carbons (Fsp3) is 0.455. The first-order valence-corrected chi connectivity index (χ1v) is 9.39. The van der Waals surface area contributed by atoms with Crippen molar-refractivity contribution in [1.82, 2.24) is 10.6 Å². The third-order valence-corrected chi connectivity index (χ3v) is 5.18. The van der Waals surface area contributed by atoms with Gasteiger partial charge in [0.1, 0.15) is 0 Å². The number of hydrogen-bond donors (Lipinski definition) is 2. The molecule has 0 amide bonds. The largest absolute Gasteiger partial charge is 0.312 e. The van der Waals surface area contributed by atoms with E-state index in [9.17, 15) is 0 Å². The molecule has 0 aliphatic heterocycles. The second-order valence-corrected chi connectivity index (χ2v) is 7.12. The molecule has 2 heteroatoms. The lowest BCUT2D eigenvalue weighted by Gasteiger charge is -2.29. The van der Waals surface area contributed by atoms with Crippen LogP contribution in [0.4, 0.5) is 0 Å². The van der Waals surface area contributed by atoms with E-state index in [1.807, 2.05) is 0 Å². The highest BCUT2D eigenvalue weighted by molar-refractivity contribution is 5.14. The average Bonchev–Trinajstić information content (AvgIpc) is 2.65. The van der Waals surface area contributed by atoms with Gasteiger partial charge in [0.25, 0.3) is 0 Å². The highest BCUT2D eigenvalue weighted by atomic mass is 14.9. The lowest BCUT2D eigenvalue weighted by molar-refractivity contribution is 0.261. The Balaban J connectivity index is 1.27. The number of nitrogens with one attached hydrogen (secondary N) is 2. The van der Waals surface area contributed by atoms with E-state index in [4.69, 9.17) is 0 Å². The first-order chi connectivity index (χ1) is 11.9. The van der Waals surface area contributed by atoms with E-state index in [-0.39, 0.29) is 0 Å². The first-order valence-electron chi connectivity index (χ1n) is 9.39. The summed E-state index contributed by atoms with van der Waals surface area (Å²) in [6.45, 7) is 4.33. The molecule has 0 bridgehead atoms. The predicted octanol–water partition coefficient (Wildman–Crippen LogP) is 4.37. The van der Waals surface area contributed by atoms with Gasteiger partial charge in [-0.2, -0.15) is 0 Å². The molecular formula is C22H30N2. The molecule has 1 aliphatic rings. The van der Waals surface area contributed by atoms with Crippen molar-refractivity contribution in [3.63, 3.8) is 0 Å². The van der Waals surface area contributed by atoms with Gasteiger partial charge in [0.15, 0.2) is 0 Å². The van der Waals surface area contributed by atoms with Gasteiger partial charge in [-0.3, -0.25) is 0 Å². The van der Waals surface area contributed by atoms with Crippen molar-refractivity contribution in [3.05, 3.63) is 71.8 Å². The van der Waals surface area contributed by atoms with E-state index < -0.39 is 0 Å². The smallest absolute Gasteiger partial charge is 0.0205 e. The summed E-state index contributed by atoms with van der Waals surface area (Å²) in [5, 5.41) is 7.27. The van der Waals surface area contributed by atoms with Gasteiger partial charge in [0.2, 0.25) is 0 Å². The number of hydrogen-bond acceptors (Lipinski definition) is 2. The van der Waals surface area contributed by atoms with Crippen molar-refractivity contribution < 1.29 is 0 Å². The molecule has 2 aromatic rings. The molecule has 3 rings (SSSR count). The molecule has 24 heavy (non-hydrogen) atoms. The van der Waals surface area contributed by atoms with Gasteiger partial charge in [0, 0.05) is 13.1 Å². The highest BCUT2D eigenvalue weighted by Crippen LogP contribution is 2.28. The van der Waals surface area contributed by atoms with Gasteiger partial charge in [-0.05, 0) is 61.7 Å². The maximum atomic E-state index is 3.64. The molecule has 0 radical (unpaired) electrons. The van der Waals surface area contributed by atoms with Crippen molar-refractivity contribution in [3.8, 4) is 0 Å². The Bertz CT molecular complexity index is 506. The third-order valence-electron chi connectivity index (χ3n) is 5.18. The monoisotopic (exact) mass is 322 g/mol. The van der Waals surface area contributed by atoms with Crippen LogP contribution in [0, 0.1) is 11.8 Å². The summed E-state index contributed by atoms with van der Waals surface area (Å²) in [4.78, 5) is 0. The van der Waals surface area contributed by atoms with Gasteiger partial charge >= 0.3 is 0 Å². The molecule has 1 saturated carbocycles. The van der Waals surface area contributed by atoms with Crippen LogP contribution < -0.4 is 10.6 Å². The van der Waals surface area contributed by atoms with Crippen molar-refractivity contribution >= 4 is 0 Å². The molecule has 2 nitrogen and oxygen atoms in total. The minimum atomic E-state index is 0.860. The zero-order chi connectivity index (χ0) is 16.5. The Hall–Kier alpha value is -1.64. The molecule has 1 aliphatic carbocycles. The maximum Gasteiger partial charge on any atom is 0.0205 e. The van der Waals surface area contributed by atoms with E-state index >= 15 is 0 Å². The van der Waals surface area contributed by atoms with Crippen LogP contribution in [-0.4, -0.2) is 13.1 Å². The molecule has 1 fully saturated rings. The first kappa shape index (κ1) is 17.2. The van der Waals surface area contributed by atoms with Crippen LogP contribution in [0.5, 0.6) is 0 Å². The van der Waals surface area contributed by atoms with E-state index in [0.717, 1.165) is 24.9 Å². The Labute approximate surface area is 146 Å². The number of rotatable bonds is 8. The van der Waals surface area contributed by atoms with Crippen LogP contribution in [0.3, 0.4) is 0 Å².